The first kappa shape index (κ1) is 9.75. The van der Waals surface area contributed by atoms with Crippen molar-refractivity contribution in [2.75, 3.05) is 13.1 Å². The molecule has 0 aliphatic rings. The predicted molar refractivity (Wildman–Crippen MR) is 55.9 cm³/mol. The minimum Gasteiger partial charge on any atom is -0.316 e. The van der Waals surface area contributed by atoms with Crippen molar-refractivity contribution >= 4 is 11.3 Å². The van der Waals surface area contributed by atoms with Crippen molar-refractivity contribution in [2.45, 2.75) is 26.2 Å². The number of nitrogens with one attached hydrogen (secondary N) is 1. The van der Waals surface area contributed by atoms with Gasteiger partial charge in [-0.1, -0.05) is 26.8 Å². The first-order valence-electron chi connectivity index (χ1n) is 4.41. The lowest BCUT2D eigenvalue weighted by Gasteiger charge is -2.23. The van der Waals surface area contributed by atoms with Crippen molar-refractivity contribution in [3.05, 3.63) is 22.4 Å². The largest absolute Gasteiger partial charge is 0.316 e. The topological polar surface area (TPSA) is 12.0 Å². The minimum atomic E-state index is 0.282. The molecule has 2 heteroatoms. The van der Waals surface area contributed by atoms with Crippen LogP contribution in [0.1, 0.15) is 25.6 Å². The average Bonchev–Trinajstić information content (AvgIpc) is 2.53. The van der Waals surface area contributed by atoms with Crippen molar-refractivity contribution in [3.8, 4) is 0 Å². The lowest BCUT2D eigenvalue weighted by Crippen LogP contribution is -2.31. The first-order valence-corrected chi connectivity index (χ1v) is 5.29. The van der Waals surface area contributed by atoms with Gasteiger partial charge in [-0.25, -0.2) is 0 Å². The number of rotatable bonds is 4. The molecule has 0 atom stereocenters. The quantitative estimate of drug-likeness (QED) is 0.756. The minimum absolute atomic E-state index is 0.282. The van der Waals surface area contributed by atoms with Crippen LogP contribution in [0.3, 0.4) is 0 Å². The van der Waals surface area contributed by atoms with E-state index in [9.17, 15) is 0 Å². The normalized spacial score (nSPS) is 11.9. The summed E-state index contributed by atoms with van der Waals surface area (Å²) in [5.74, 6) is 0. The van der Waals surface area contributed by atoms with E-state index in [4.69, 9.17) is 0 Å². The van der Waals surface area contributed by atoms with Gasteiger partial charge in [0.15, 0.2) is 0 Å². The fraction of sp³-hybridized carbons (Fsp3) is 0.600. The second kappa shape index (κ2) is 4.06. The summed E-state index contributed by atoms with van der Waals surface area (Å²) in [5, 5.41) is 5.53. The van der Waals surface area contributed by atoms with Crippen molar-refractivity contribution in [3.63, 3.8) is 0 Å². The van der Waals surface area contributed by atoms with Gasteiger partial charge in [0.1, 0.15) is 0 Å². The Bertz CT molecular complexity index is 214. The summed E-state index contributed by atoms with van der Waals surface area (Å²) in [6.07, 6.45) is 0. The van der Waals surface area contributed by atoms with Crippen LogP contribution in [0.25, 0.3) is 0 Å². The molecule has 68 valence electrons. The summed E-state index contributed by atoms with van der Waals surface area (Å²) in [4.78, 5) is 1.46. The summed E-state index contributed by atoms with van der Waals surface area (Å²) in [7, 11) is 0. The van der Waals surface area contributed by atoms with E-state index in [0.29, 0.717) is 0 Å². The van der Waals surface area contributed by atoms with Gasteiger partial charge in [-0.3, -0.25) is 0 Å². The molecule has 1 rings (SSSR count). The number of hydrogen-bond acceptors (Lipinski definition) is 2. The van der Waals surface area contributed by atoms with Gasteiger partial charge in [-0.05, 0) is 18.0 Å². The van der Waals surface area contributed by atoms with Crippen LogP contribution in [0.5, 0.6) is 0 Å². The Morgan fingerprint density at radius 1 is 1.50 bits per heavy atom. The predicted octanol–water partition coefficient (Wildman–Crippen LogP) is 2.64. The maximum absolute atomic E-state index is 3.38. The van der Waals surface area contributed by atoms with Gasteiger partial charge in [0.25, 0.3) is 0 Å². The fourth-order valence-corrected chi connectivity index (χ4v) is 2.04. The molecule has 0 amide bonds. The molecule has 0 aliphatic heterocycles. The van der Waals surface area contributed by atoms with Crippen LogP contribution in [-0.4, -0.2) is 13.1 Å². The SMILES string of the molecule is CCNCC(C)(C)c1cccs1. The highest BCUT2D eigenvalue weighted by molar-refractivity contribution is 7.10. The van der Waals surface area contributed by atoms with E-state index in [-0.39, 0.29) is 5.41 Å². The Kier molecular flexibility index (Phi) is 3.29. The van der Waals surface area contributed by atoms with Gasteiger partial charge in [-0.15, -0.1) is 11.3 Å². The van der Waals surface area contributed by atoms with Gasteiger partial charge >= 0.3 is 0 Å². The molecular weight excluding hydrogens is 166 g/mol. The van der Waals surface area contributed by atoms with E-state index >= 15 is 0 Å². The summed E-state index contributed by atoms with van der Waals surface area (Å²) in [5.41, 5.74) is 0.282. The molecule has 1 heterocycles. The van der Waals surface area contributed by atoms with Crippen LogP contribution in [-0.2, 0) is 5.41 Å². The third-order valence-electron chi connectivity index (χ3n) is 2.01. The number of likely N-dealkylation sites (N-methyl/N-ethyl adjacent to an activating group) is 1. The zero-order valence-electron chi connectivity index (χ0n) is 8.05. The van der Waals surface area contributed by atoms with Gasteiger partial charge < -0.3 is 5.32 Å². The summed E-state index contributed by atoms with van der Waals surface area (Å²) in [6, 6.07) is 4.33. The Morgan fingerprint density at radius 3 is 2.75 bits per heavy atom. The highest BCUT2D eigenvalue weighted by Gasteiger charge is 2.20. The molecule has 0 aliphatic carbocycles. The van der Waals surface area contributed by atoms with Gasteiger partial charge in [-0.2, -0.15) is 0 Å². The molecule has 0 radical (unpaired) electrons. The lowest BCUT2D eigenvalue weighted by molar-refractivity contribution is 0.486. The average molecular weight is 183 g/mol. The van der Waals surface area contributed by atoms with Crippen LogP contribution in [0.4, 0.5) is 0 Å². The van der Waals surface area contributed by atoms with Crippen LogP contribution in [0, 0.1) is 0 Å². The third kappa shape index (κ3) is 2.32. The second-order valence-corrected chi connectivity index (χ2v) is 4.59. The maximum atomic E-state index is 3.38. The van der Waals surface area contributed by atoms with Crippen molar-refractivity contribution in [1.82, 2.24) is 5.32 Å². The Labute approximate surface area is 78.8 Å². The van der Waals surface area contributed by atoms with Crippen LogP contribution in [0.2, 0.25) is 0 Å². The monoisotopic (exact) mass is 183 g/mol. The molecule has 12 heavy (non-hydrogen) atoms. The van der Waals surface area contributed by atoms with Crippen LogP contribution < -0.4 is 5.32 Å². The zero-order chi connectivity index (χ0) is 9.03. The molecule has 1 nitrogen and oxygen atoms in total. The molecule has 0 unspecified atom stereocenters. The number of hydrogen-bond donors (Lipinski definition) is 1. The van der Waals surface area contributed by atoms with E-state index < -0.39 is 0 Å². The van der Waals surface area contributed by atoms with Gasteiger partial charge in [0.2, 0.25) is 0 Å². The molecule has 0 spiro atoms. The van der Waals surface area contributed by atoms with Crippen LogP contribution >= 0.6 is 11.3 Å². The molecule has 0 aromatic carbocycles. The first-order chi connectivity index (χ1) is 5.67. The molecule has 1 aromatic heterocycles. The third-order valence-corrected chi connectivity index (χ3v) is 3.24. The standard InChI is InChI=1S/C10H17NS/c1-4-11-8-10(2,3)9-6-5-7-12-9/h5-7,11H,4,8H2,1-3H3. The summed E-state index contributed by atoms with van der Waals surface area (Å²) < 4.78 is 0. The zero-order valence-corrected chi connectivity index (χ0v) is 8.87. The number of thiophene rings is 1. The second-order valence-electron chi connectivity index (χ2n) is 3.64. The van der Waals surface area contributed by atoms with Crippen molar-refractivity contribution in [2.24, 2.45) is 0 Å². The highest BCUT2D eigenvalue weighted by Crippen LogP contribution is 2.26. The van der Waals surface area contributed by atoms with E-state index in [1.165, 1.54) is 4.88 Å². The fourth-order valence-electron chi connectivity index (χ4n) is 1.19. The summed E-state index contributed by atoms with van der Waals surface area (Å²) in [6.45, 7) is 8.81. The lowest BCUT2D eigenvalue weighted by atomic mass is 9.91. The van der Waals surface area contributed by atoms with E-state index in [2.05, 4.69) is 43.6 Å². The van der Waals surface area contributed by atoms with E-state index in [1.807, 2.05) is 11.3 Å². The van der Waals surface area contributed by atoms with Gasteiger partial charge in [0.05, 0.1) is 0 Å². The van der Waals surface area contributed by atoms with E-state index in [0.717, 1.165) is 13.1 Å². The molecular formula is C10H17NS. The Morgan fingerprint density at radius 2 is 2.25 bits per heavy atom. The molecule has 0 bridgehead atoms. The summed E-state index contributed by atoms with van der Waals surface area (Å²) >= 11 is 1.84. The van der Waals surface area contributed by atoms with Crippen LogP contribution in [0.15, 0.2) is 17.5 Å². The highest BCUT2D eigenvalue weighted by atomic mass is 32.1. The maximum Gasteiger partial charge on any atom is 0.0115 e. The van der Waals surface area contributed by atoms with Gasteiger partial charge in [0, 0.05) is 16.8 Å². The smallest absolute Gasteiger partial charge is 0.0115 e. The Hall–Kier alpha value is -0.340. The molecule has 0 fully saturated rings. The molecule has 0 saturated heterocycles. The molecule has 1 aromatic rings. The molecule has 1 N–H and O–H groups in total. The molecule has 0 saturated carbocycles. The Balaban J connectivity index is 2.59. The van der Waals surface area contributed by atoms with E-state index in [1.54, 1.807) is 0 Å². The van der Waals surface area contributed by atoms with Crippen molar-refractivity contribution < 1.29 is 0 Å². The van der Waals surface area contributed by atoms with Crippen molar-refractivity contribution in [1.29, 1.82) is 0 Å².